The van der Waals surface area contributed by atoms with Crippen molar-refractivity contribution < 1.29 is 4.39 Å². The molecular weight excluding hydrogens is 191 g/mol. The summed E-state index contributed by atoms with van der Waals surface area (Å²) >= 11 is 0. The minimum atomic E-state index is -0.184. The van der Waals surface area contributed by atoms with Gasteiger partial charge in [-0.25, -0.2) is 4.39 Å². The summed E-state index contributed by atoms with van der Waals surface area (Å²) in [7, 11) is 0. The summed E-state index contributed by atoms with van der Waals surface area (Å²) in [6.07, 6.45) is 2.09. The van der Waals surface area contributed by atoms with Gasteiger partial charge in [0.2, 0.25) is 0 Å². The Hall–Kier alpha value is -0.930. The largest absolute Gasteiger partial charge is 0.328 e. The van der Waals surface area contributed by atoms with Crippen LogP contribution in [0.5, 0.6) is 0 Å². The number of nitrogens with one attached hydrogen (secondary N) is 1. The lowest BCUT2D eigenvalue weighted by molar-refractivity contribution is 0.272. The number of rotatable bonds is 3. The molecule has 3 N–H and O–H groups in total. The summed E-state index contributed by atoms with van der Waals surface area (Å²) in [5, 5.41) is 3.48. The van der Waals surface area contributed by atoms with Crippen molar-refractivity contribution in [2.24, 2.45) is 5.73 Å². The quantitative estimate of drug-likeness (QED) is 0.797. The minimum absolute atomic E-state index is 0.184. The van der Waals surface area contributed by atoms with E-state index in [2.05, 4.69) is 12.2 Å². The first-order chi connectivity index (χ1) is 7.15. The van der Waals surface area contributed by atoms with E-state index in [9.17, 15) is 4.39 Å². The van der Waals surface area contributed by atoms with Crippen LogP contribution in [0.1, 0.15) is 31.4 Å². The summed E-state index contributed by atoms with van der Waals surface area (Å²) < 4.78 is 12.7. The summed E-state index contributed by atoms with van der Waals surface area (Å²) in [4.78, 5) is 0. The molecule has 0 unspecified atom stereocenters. The highest BCUT2D eigenvalue weighted by Crippen LogP contribution is 2.22. The third-order valence-electron chi connectivity index (χ3n) is 3.03. The van der Waals surface area contributed by atoms with Gasteiger partial charge in [-0.05, 0) is 37.5 Å². The van der Waals surface area contributed by atoms with Gasteiger partial charge in [0.15, 0.2) is 0 Å². The Morgan fingerprint density at radius 1 is 1.33 bits per heavy atom. The minimum Gasteiger partial charge on any atom is -0.328 e. The highest BCUT2D eigenvalue weighted by Gasteiger charge is 2.26. The maximum Gasteiger partial charge on any atom is 0.123 e. The van der Waals surface area contributed by atoms with E-state index in [0.717, 1.165) is 18.4 Å². The van der Waals surface area contributed by atoms with Crippen LogP contribution in [-0.2, 0) is 0 Å². The molecule has 1 fully saturated rings. The Balaban J connectivity index is 1.90. The van der Waals surface area contributed by atoms with Gasteiger partial charge in [0.1, 0.15) is 5.82 Å². The molecule has 0 aromatic heterocycles. The molecule has 1 aromatic carbocycles. The van der Waals surface area contributed by atoms with E-state index < -0.39 is 0 Å². The van der Waals surface area contributed by atoms with Crippen molar-refractivity contribution in [1.29, 1.82) is 0 Å². The highest BCUT2D eigenvalue weighted by molar-refractivity contribution is 5.19. The first kappa shape index (κ1) is 10.6. The standard InChI is InChI=1S/C12H17FN2/c1-8(15-12-6-11(14)7-12)9-2-4-10(13)5-3-9/h2-5,8,11-12,15H,6-7,14H2,1H3/t8-,11?,12?/m1/s1. The van der Waals surface area contributed by atoms with E-state index >= 15 is 0 Å². The third-order valence-corrected chi connectivity index (χ3v) is 3.03. The lowest BCUT2D eigenvalue weighted by Crippen LogP contribution is -2.49. The molecule has 0 heterocycles. The molecular formula is C12H17FN2. The fraction of sp³-hybridized carbons (Fsp3) is 0.500. The molecule has 1 saturated carbocycles. The topological polar surface area (TPSA) is 38.0 Å². The van der Waals surface area contributed by atoms with Crippen LogP contribution < -0.4 is 11.1 Å². The van der Waals surface area contributed by atoms with Crippen molar-refractivity contribution in [2.45, 2.75) is 37.9 Å². The predicted molar refractivity (Wildman–Crippen MR) is 58.9 cm³/mol. The van der Waals surface area contributed by atoms with Crippen LogP contribution in [-0.4, -0.2) is 12.1 Å². The fourth-order valence-corrected chi connectivity index (χ4v) is 2.00. The Bertz CT molecular complexity index is 317. The van der Waals surface area contributed by atoms with Crippen LogP contribution in [0.25, 0.3) is 0 Å². The molecule has 1 aliphatic rings. The Morgan fingerprint density at radius 3 is 2.47 bits per heavy atom. The Kier molecular flexibility index (Phi) is 3.03. The molecule has 0 saturated heterocycles. The summed E-state index contributed by atoms with van der Waals surface area (Å²) in [5.41, 5.74) is 6.84. The van der Waals surface area contributed by atoms with E-state index in [1.165, 1.54) is 12.1 Å². The SMILES string of the molecule is C[C@@H](NC1CC(N)C1)c1ccc(F)cc1. The van der Waals surface area contributed by atoms with Crippen LogP contribution in [0.2, 0.25) is 0 Å². The first-order valence-corrected chi connectivity index (χ1v) is 5.42. The molecule has 15 heavy (non-hydrogen) atoms. The van der Waals surface area contributed by atoms with Crippen molar-refractivity contribution >= 4 is 0 Å². The monoisotopic (exact) mass is 208 g/mol. The number of benzene rings is 1. The van der Waals surface area contributed by atoms with Gasteiger partial charge in [-0.15, -0.1) is 0 Å². The third kappa shape index (κ3) is 2.55. The van der Waals surface area contributed by atoms with Gasteiger partial charge in [0.05, 0.1) is 0 Å². The fourth-order valence-electron chi connectivity index (χ4n) is 2.00. The maximum absolute atomic E-state index is 12.7. The lowest BCUT2D eigenvalue weighted by atomic mass is 9.87. The number of halogens is 1. The van der Waals surface area contributed by atoms with E-state index in [1.807, 2.05) is 12.1 Å². The van der Waals surface area contributed by atoms with Crippen molar-refractivity contribution in [3.63, 3.8) is 0 Å². The van der Waals surface area contributed by atoms with Crippen molar-refractivity contribution in [1.82, 2.24) is 5.32 Å². The zero-order valence-corrected chi connectivity index (χ0v) is 8.91. The van der Waals surface area contributed by atoms with Gasteiger partial charge in [0, 0.05) is 18.1 Å². The summed E-state index contributed by atoms with van der Waals surface area (Å²) in [5.74, 6) is -0.184. The Labute approximate surface area is 89.7 Å². The highest BCUT2D eigenvalue weighted by atomic mass is 19.1. The van der Waals surface area contributed by atoms with Crippen molar-refractivity contribution in [3.05, 3.63) is 35.6 Å². The molecule has 0 spiro atoms. The first-order valence-electron chi connectivity index (χ1n) is 5.42. The van der Waals surface area contributed by atoms with Crippen molar-refractivity contribution in [2.75, 3.05) is 0 Å². The van der Waals surface area contributed by atoms with Crippen LogP contribution >= 0.6 is 0 Å². The van der Waals surface area contributed by atoms with E-state index in [-0.39, 0.29) is 11.9 Å². The average molecular weight is 208 g/mol. The summed E-state index contributed by atoms with van der Waals surface area (Å²) in [6, 6.07) is 7.81. The average Bonchev–Trinajstić information content (AvgIpc) is 2.16. The summed E-state index contributed by atoms with van der Waals surface area (Å²) in [6.45, 7) is 2.09. The molecule has 1 atom stereocenters. The normalized spacial score (nSPS) is 27.1. The second-order valence-corrected chi connectivity index (χ2v) is 4.37. The van der Waals surface area contributed by atoms with Crippen molar-refractivity contribution in [3.8, 4) is 0 Å². The zero-order chi connectivity index (χ0) is 10.8. The molecule has 0 aliphatic heterocycles. The molecule has 3 heteroatoms. The molecule has 2 rings (SSSR count). The molecule has 0 amide bonds. The second-order valence-electron chi connectivity index (χ2n) is 4.37. The predicted octanol–water partition coefficient (Wildman–Crippen LogP) is 1.97. The molecule has 82 valence electrons. The molecule has 1 aliphatic carbocycles. The van der Waals surface area contributed by atoms with Crippen LogP contribution in [0.15, 0.2) is 24.3 Å². The zero-order valence-electron chi connectivity index (χ0n) is 8.91. The van der Waals surface area contributed by atoms with Gasteiger partial charge in [0.25, 0.3) is 0 Å². The van der Waals surface area contributed by atoms with E-state index in [4.69, 9.17) is 5.73 Å². The van der Waals surface area contributed by atoms with E-state index in [1.54, 1.807) is 0 Å². The molecule has 1 aromatic rings. The molecule has 0 bridgehead atoms. The van der Waals surface area contributed by atoms with Gasteiger partial charge < -0.3 is 11.1 Å². The number of hydrogen-bond donors (Lipinski definition) is 2. The number of hydrogen-bond acceptors (Lipinski definition) is 2. The van der Waals surface area contributed by atoms with E-state index in [0.29, 0.717) is 12.1 Å². The van der Waals surface area contributed by atoms with Crippen LogP contribution in [0.4, 0.5) is 4.39 Å². The Morgan fingerprint density at radius 2 is 1.93 bits per heavy atom. The smallest absolute Gasteiger partial charge is 0.123 e. The van der Waals surface area contributed by atoms with Gasteiger partial charge in [-0.1, -0.05) is 12.1 Å². The molecule has 2 nitrogen and oxygen atoms in total. The lowest BCUT2D eigenvalue weighted by Gasteiger charge is -2.35. The second kappa shape index (κ2) is 4.29. The molecule has 0 radical (unpaired) electrons. The van der Waals surface area contributed by atoms with Crippen LogP contribution in [0, 0.1) is 5.82 Å². The van der Waals surface area contributed by atoms with Gasteiger partial charge in [-0.3, -0.25) is 0 Å². The van der Waals surface area contributed by atoms with Crippen LogP contribution in [0.3, 0.4) is 0 Å². The number of nitrogens with two attached hydrogens (primary N) is 1. The maximum atomic E-state index is 12.7. The van der Waals surface area contributed by atoms with Gasteiger partial charge >= 0.3 is 0 Å². The van der Waals surface area contributed by atoms with Gasteiger partial charge in [-0.2, -0.15) is 0 Å².